The van der Waals surface area contributed by atoms with Crippen molar-refractivity contribution in [3.05, 3.63) is 54.1 Å². The van der Waals surface area contributed by atoms with Crippen LogP contribution in [0.2, 0.25) is 0 Å². The van der Waals surface area contributed by atoms with Crippen molar-refractivity contribution in [2.75, 3.05) is 19.5 Å². The number of rotatable bonds is 5. The van der Waals surface area contributed by atoms with Crippen molar-refractivity contribution in [2.45, 2.75) is 13.0 Å². The highest BCUT2D eigenvalue weighted by molar-refractivity contribution is 7.80. The zero-order valence-corrected chi connectivity index (χ0v) is 13.7. The first-order valence-electron chi connectivity index (χ1n) is 6.98. The second-order valence-corrected chi connectivity index (χ2v) is 5.21. The van der Waals surface area contributed by atoms with Crippen LogP contribution in [0.3, 0.4) is 0 Å². The molecule has 2 aromatic carbocycles. The van der Waals surface area contributed by atoms with Crippen LogP contribution in [0.1, 0.15) is 18.5 Å². The van der Waals surface area contributed by atoms with Crippen LogP contribution in [-0.2, 0) is 0 Å². The third kappa shape index (κ3) is 4.11. The Morgan fingerprint density at radius 3 is 2.32 bits per heavy atom. The molecule has 0 bridgehead atoms. The van der Waals surface area contributed by atoms with Crippen molar-refractivity contribution in [3.63, 3.8) is 0 Å². The largest absolute Gasteiger partial charge is 0.493 e. The van der Waals surface area contributed by atoms with Crippen LogP contribution in [0.25, 0.3) is 0 Å². The molecule has 0 aliphatic carbocycles. The smallest absolute Gasteiger partial charge is 0.171 e. The first-order valence-corrected chi connectivity index (χ1v) is 7.39. The minimum absolute atomic E-state index is 0.126. The van der Waals surface area contributed by atoms with Crippen LogP contribution in [0.5, 0.6) is 11.5 Å². The lowest BCUT2D eigenvalue weighted by atomic mass is 10.1. The number of thiocarbonyl (C=S) groups is 1. The van der Waals surface area contributed by atoms with Gasteiger partial charge in [0, 0.05) is 11.8 Å². The first-order chi connectivity index (χ1) is 10.6. The summed E-state index contributed by atoms with van der Waals surface area (Å²) in [5.41, 5.74) is 2.02. The topological polar surface area (TPSA) is 42.5 Å². The summed E-state index contributed by atoms with van der Waals surface area (Å²) < 4.78 is 10.5. The fourth-order valence-electron chi connectivity index (χ4n) is 2.10. The Labute approximate surface area is 136 Å². The van der Waals surface area contributed by atoms with Gasteiger partial charge in [-0.1, -0.05) is 30.3 Å². The Balaban J connectivity index is 2.00. The Bertz CT molecular complexity index is 632. The average molecular weight is 316 g/mol. The first kappa shape index (κ1) is 16.1. The Morgan fingerprint density at radius 2 is 1.68 bits per heavy atom. The molecule has 0 fully saturated rings. The van der Waals surface area contributed by atoms with Gasteiger partial charge in [-0.15, -0.1) is 0 Å². The van der Waals surface area contributed by atoms with E-state index in [1.165, 1.54) is 5.56 Å². The van der Waals surface area contributed by atoms with Gasteiger partial charge in [0.25, 0.3) is 0 Å². The second kappa shape index (κ2) is 7.66. The van der Waals surface area contributed by atoms with E-state index in [2.05, 4.69) is 29.7 Å². The van der Waals surface area contributed by atoms with Gasteiger partial charge in [0.15, 0.2) is 16.6 Å². The van der Waals surface area contributed by atoms with E-state index in [-0.39, 0.29) is 6.04 Å². The van der Waals surface area contributed by atoms with Gasteiger partial charge in [-0.25, -0.2) is 0 Å². The summed E-state index contributed by atoms with van der Waals surface area (Å²) >= 11 is 5.36. The monoisotopic (exact) mass is 316 g/mol. The van der Waals surface area contributed by atoms with Crippen molar-refractivity contribution in [1.82, 2.24) is 5.32 Å². The molecule has 0 aromatic heterocycles. The van der Waals surface area contributed by atoms with Crippen molar-refractivity contribution in [2.24, 2.45) is 0 Å². The van der Waals surface area contributed by atoms with Crippen molar-refractivity contribution in [3.8, 4) is 11.5 Å². The standard InChI is InChI=1S/C17H20N2O2S/c1-12(13-7-5-4-6-8-13)18-17(22)19-14-9-10-15(20-2)16(11-14)21-3/h4-12H,1-3H3,(H2,18,19,22)/t12-/m0/s1. The Hall–Kier alpha value is -2.27. The van der Waals surface area contributed by atoms with Crippen LogP contribution in [-0.4, -0.2) is 19.3 Å². The van der Waals surface area contributed by atoms with Gasteiger partial charge < -0.3 is 20.1 Å². The lowest BCUT2D eigenvalue weighted by molar-refractivity contribution is 0.355. The summed E-state index contributed by atoms with van der Waals surface area (Å²) in [7, 11) is 3.22. The molecule has 0 amide bonds. The van der Waals surface area contributed by atoms with Crippen molar-refractivity contribution < 1.29 is 9.47 Å². The number of methoxy groups -OCH3 is 2. The number of benzene rings is 2. The molecular formula is C17H20N2O2S. The van der Waals surface area contributed by atoms with E-state index in [1.54, 1.807) is 14.2 Å². The van der Waals surface area contributed by atoms with Gasteiger partial charge >= 0.3 is 0 Å². The zero-order chi connectivity index (χ0) is 15.9. The summed E-state index contributed by atoms with van der Waals surface area (Å²) in [6.45, 7) is 2.07. The molecule has 0 aliphatic rings. The molecule has 116 valence electrons. The minimum atomic E-state index is 0.126. The van der Waals surface area contributed by atoms with E-state index in [1.807, 2.05) is 36.4 Å². The molecule has 0 radical (unpaired) electrons. The summed E-state index contributed by atoms with van der Waals surface area (Å²) in [5, 5.41) is 6.97. The maximum atomic E-state index is 5.36. The molecule has 2 rings (SSSR count). The minimum Gasteiger partial charge on any atom is -0.493 e. The quantitative estimate of drug-likeness (QED) is 0.822. The molecule has 0 heterocycles. The maximum Gasteiger partial charge on any atom is 0.171 e. The number of ether oxygens (including phenoxy) is 2. The maximum absolute atomic E-state index is 5.36. The van der Waals surface area contributed by atoms with Gasteiger partial charge in [0.05, 0.1) is 20.3 Å². The highest BCUT2D eigenvalue weighted by Crippen LogP contribution is 2.29. The van der Waals surface area contributed by atoms with Crippen LogP contribution in [0.4, 0.5) is 5.69 Å². The predicted molar refractivity (Wildman–Crippen MR) is 93.8 cm³/mol. The number of hydrogen-bond acceptors (Lipinski definition) is 3. The second-order valence-electron chi connectivity index (χ2n) is 4.80. The van der Waals surface area contributed by atoms with E-state index < -0.39 is 0 Å². The molecule has 2 aromatic rings. The van der Waals surface area contributed by atoms with E-state index in [0.29, 0.717) is 16.6 Å². The number of nitrogens with one attached hydrogen (secondary N) is 2. The fraction of sp³-hybridized carbons (Fsp3) is 0.235. The predicted octanol–water partition coefficient (Wildman–Crippen LogP) is 3.75. The molecule has 0 spiro atoms. The normalized spacial score (nSPS) is 11.4. The van der Waals surface area contributed by atoms with E-state index in [4.69, 9.17) is 21.7 Å². The van der Waals surface area contributed by atoms with E-state index >= 15 is 0 Å². The number of hydrogen-bond donors (Lipinski definition) is 2. The molecule has 0 aliphatic heterocycles. The molecular weight excluding hydrogens is 296 g/mol. The molecule has 22 heavy (non-hydrogen) atoms. The summed E-state index contributed by atoms with van der Waals surface area (Å²) in [6, 6.07) is 15.9. The fourth-order valence-corrected chi connectivity index (χ4v) is 2.40. The van der Waals surface area contributed by atoms with E-state index in [9.17, 15) is 0 Å². The molecule has 2 N–H and O–H groups in total. The Morgan fingerprint density at radius 1 is 1.00 bits per heavy atom. The van der Waals surface area contributed by atoms with Crippen LogP contribution >= 0.6 is 12.2 Å². The highest BCUT2D eigenvalue weighted by atomic mass is 32.1. The number of anilines is 1. The summed E-state index contributed by atoms with van der Waals surface area (Å²) in [4.78, 5) is 0. The molecule has 1 atom stereocenters. The van der Waals surface area contributed by atoms with Crippen LogP contribution in [0, 0.1) is 0 Å². The molecule has 5 heteroatoms. The third-order valence-corrected chi connectivity index (χ3v) is 3.51. The van der Waals surface area contributed by atoms with Crippen LogP contribution in [0.15, 0.2) is 48.5 Å². The van der Waals surface area contributed by atoms with Crippen molar-refractivity contribution in [1.29, 1.82) is 0 Å². The molecule has 4 nitrogen and oxygen atoms in total. The third-order valence-electron chi connectivity index (χ3n) is 3.29. The van der Waals surface area contributed by atoms with Gasteiger partial charge in [-0.2, -0.15) is 0 Å². The summed E-state index contributed by atoms with van der Waals surface area (Å²) in [5.74, 6) is 1.34. The van der Waals surface area contributed by atoms with Crippen LogP contribution < -0.4 is 20.1 Å². The van der Waals surface area contributed by atoms with Crippen molar-refractivity contribution >= 4 is 23.0 Å². The molecule has 0 unspecified atom stereocenters. The molecule has 0 saturated heterocycles. The van der Waals surface area contributed by atoms with Gasteiger partial charge in [-0.3, -0.25) is 0 Å². The zero-order valence-electron chi connectivity index (χ0n) is 12.9. The SMILES string of the molecule is COc1ccc(NC(=S)N[C@@H](C)c2ccccc2)cc1OC. The van der Waals surface area contributed by atoms with E-state index in [0.717, 1.165) is 5.69 Å². The van der Waals surface area contributed by atoms with Gasteiger partial charge in [0.2, 0.25) is 0 Å². The van der Waals surface area contributed by atoms with Gasteiger partial charge in [0.1, 0.15) is 0 Å². The lowest BCUT2D eigenvalue weighted by Crippen LogP contribution is -2.30. The Kier molecular flexibility index (Phi) is 5.61. The lowest BCUT2D eigenvalue weighted by Gasteiger charge is -2.18. The highest BCUT2D eigenvalue weighted by Gasteiger charge is 2.08. The molecule has 0 saturated carbocycles. The summed E-state index contributed by atoms with van der Waals surface area (Å²) in [6.07, 6.45) is 0. The van der Waals surface area contributed by atoms with Gasteiger partial charge in [-0.05, 0) is 36.8 Å². The average Bonchev–Trinajstić information content (AvgIpc) is 2.55.